The van der Waals surface area contributed by atoms with Crippen LogP contribution in [0.2, 0.25) is 5.02 Å². The highest BCUT2D eigenvalue weighted by Crippen LogP contribution is 2.30. The number of hydrogen-bond donors (Lipinski definition) is 1. The summed E-state index contributed by atoms with van der Waals surface area (Å²) < 4.78 is 26.3. The standard InChI is InChI=1S/C19H22ClN3O5S/c1-5-17(19(24)21-16-11-14(23(25)26)8-9-15(16)20)22(29(4,27)28)18-10-12(2)6-7-13(18)3/h6-11,17H,5H2,1-4H3,(H,21,24). The summed E-state index contributed by atoms with van der Waals surface area (Å²) in [5.74, 6) is -0.638. The minimum atomic E-state index is -3.81. The van der Waals surface area contributed by atoms with E-state index in [9.17, 15) is 23.3 Å². The van der Waals surface area contributed by atoms with Crippen LogP contribution in [0.25, 0.3) is 0 Å². The molecule has 2 rings (SSSR count). The molecule has 0 aliphatic carbocycles. The third kappa shape index (κ3) is 5.24. The van der Waals surface area contributed by atoms with Crippen LogP contribution in [-0.4, -0.2) is 31.5 Å². The molecule has 0 radical (unpaired) electrons. The highest BCUT2D eigenvalue weighted by atomic mass is 35.5. The Morgan fingerprint density at radius 2 is 1.90 bits per heavy atom. The molecule has 0 spiro atoms. The summed E-state index contributed by atoms with van der Waals surface area (Å²) in [6.07, 6.45) is 1.21. The number of non-ortho nitro benzene ring substituents is 1. The number of nitrogens with zero attached hydrogens (tertiary/aromatic N) is 2. The van der Waals surface area contributed by atoms with Gasteiger partial charge in [-0.15, -0.1) is 0 Å². The minimum Gasteiger partial charge on any atom is -0.323 e. The number of rotatable bonds is 7. The molecule has 2 aromatic carbocycles. The second-order valence-electron chi connectivity index (χ2n) is 6.68. The lowest BCUT2D eigenvalue weighted by Gasteiger charge is -2.31. The minimum absolute atomic E-state index is 0.0405. The monoisotopic (exact) mass is 439 g/mol. The van der Waals surface area contributed by atoms with Gasteiger partial charge in [-0.2, -0.15) is 0 Å². The summed E-state index contributed by atoms with van der Waals surface area (Å²) in [7, 11) is -3.81. The van der Waals surface area contributed by atoms with Gasteiger partial charge in [-0.25, -0.2) is 8.42 Å². The molecule has 0 aromatic heterocycles. The molecule has 1 atom stereocenters. The number of anilines is 2. The fraction of sp³-hybridized carbons (Fsp3) is 0.316. The van der Waals surface area contributed by atoms with Gasteiger partial charge in [-0.1, -0.05) is 30.7 Å². The molecule has 1 unspecified atom stereocenters. The first kappa shape index (κ1) is 22.6. The molecule has 0 saturated carbocycles. The molecule has 1 amide bonds. The van der Waals surface area contributed by atoms with E-state index >= 15 is 0 Å². The number of sulfonamides is 1. The van der Waals surface area contributed by atoms with Crippen molar-refractivity contribution in [2.75, 3.05) is 15.9 Å². The highest BCUT2D eigenvalue weighted by Gasteiger charge is 2.33. The van der Waals surface area contributed by atoms with Gasteiger partial charge >= 0.3 is 0 Å². The molecule has 1 N–H and O–H groups in total. The second-order valence-corrected chi connectivity index (χ2v) is 8.95. The van der Waals surface area contributed by atoms with Crippen LogP contribution in [-0.2, 0) is 14.8 Å². The first-order chi connectivity index (χ1) is 13.5. The third-order valence-electron chi connectivity index (χ3n) is 4.35. The maximum Gasteiger partial charge on any atom is 0.271 e. The molecule has 156 valence electrons. The van der Waals surface area contributed by atoms with Crippen LogP contribution in [0.3, 0.4) is 0 Å². The van der Waals surface area contributed by atoms with Gasteiger partial charge in [0.15, 0.2) is 0 Å². The number of nitrogens with one attached hydrogen (secondary N) is 1. The molecule has 0 aliphatic rings. The normalized spacial score (nSPS) is 12.3. The number of aryl methyl sites for hydroxylation is 2. The number of carbonyl (C=O) groups is 1. The van der Waals surface area contributed by atoms with Crippen molar-refractivity contribution >= 4 is 44.6 Å². The Bertz CT molecular complexity index is 1060. The molecule has 29 heavy (non-hydrogen) atoms. The lowest BCUT2D eigenvalue weighted by Crippen LogP contribution is -2.47. The summed E-state index contributed by atoms with van der Waals surface area (Å²) in [5.41, 5.74) is 1.74. The van der Waals surface area contributed by atoms with Crippen molar-refractivity contribution in [1.82, 2.24) is 0 Å². The molecule has 0 bridgehead atoms. The molecule has 0 saturated heterocycles. The van der Waals surface area contributed by atoms with Gasteiger partial charge in [0.1, 0.15) is 6.04 Å². The molecular formula is C19H22ClN3O5S. The van der Waals surface area contributed by atoms with Crippen LogP contribution < -0.4 is 9.62 Å². The SMILES string of the molecule is CCC(C(=O)Nc1cc([N+](=O)[O-])ccc1Cl)N(c1cc(C)ccc1C)S(C)(=O)=O. The Kier molecular flexibility index (Phi) is 6.86. The molecule has 8 nitrogen and oxygen atoms in total. The van der Waals surface area contributed by atoms with Crippen molar-refractivity contribution < 1.29 is 18.1 Å². The van der Waals surface area contributed by atoms with E-state index in [0.717, 1.165) is 22.2 Å². The zero-order valence-electron chi connectivity index (χ0n) is 16.5. The molecule has 0 fully saturated rings. The Balaban J connectivity index is 2.48. The van der Waals surface area contributed by atoms with Gasteiger partial charge in [0, 0.05) is 12.1 Å². The fourth-order valence-electron chi connectivity index (χ4n) is 2.93. The predicted molar refractivity (Wildman–Crippen MR) is 114 cm³/mol. The maximum absolute atomic E-state index is 13.0. The molecule has 0 aliphatic heterocycles. The summed E-state index contributed by atoms with van der Waals surface area (Å²) in [6, 6.07) is 7.92. The van der Waals surface area contributed by atoms with E-state index < -0.39 is 26.9 Å². The number of carbonyl (C=O) groups excluding carboxylic acids is 1. The van der Waals surface area contributed by atoms with Crippen molar-refractivity contribution in [2.45, 2.75) is 33.2 Å². The van der Waals surface area contributed by atoms with E-state index in [1.807, 2.05) is 13.0 Å². The van der Waals surface area contributed by atoms with E-state index in [1.54, 1.807) is 26.0 Å². The van der Waals surface area contributed by atoms with Gasteiger partial charge in [0.05, 0.1) is 27.6 Å². The van der Waals surface area contributed by atoms with E-state index in [-0.39, 0.29) is 22.8 Å². The number of nitro groups is 1. The molecule has 10 heteroatoms. The third-order valence-corrected chi connectivity index (χ3v) is 5.85. The van der Waals surface area contributed by atoms with Crippen LogP contribution in [0.4, 0.5) is 17.1 Å². The Morgan fingerprint density at radius 1 is 1.24 bits per heavy atom. The van der Waals surface area contributed by atoms with Gasteiger partial charge in [0.25, 0.3) is 5.69 Å². The zero-order chi connectivity index (χ0) is 21.9. The maximum atomic E-state index is 13.0. The summed E-state index contributed by atoms with van der Waals surface area (Å²) >= 11 is 6.06. The summed E-state index contributed by atoms with van der Waals surface area (Å²) in [5, 5.41) is 13.6. The van der Waals surface area contributed by atoms with E-state index in [2.05, 4.69) is 5.32 Å². The van der Waals surface area contributed by atoms with Gasteiger partial charge in [-0.05, 0) is 43.5 Å². The van der Waals surface area contributed by atoms with Crippen molar-refractivity contribution in [3.63, 3.8) is 0 Å². The molecular weight excluding hydrogens is 418 g/mol. The van der Waals surface area contributed by atoms with Crippen LogP contribution in [0, 0.1) is 24.0 Å². The van der Waals surface area contributed by atoms with Gasteiger partial charge in [-0.3, -0.25) is 19.2 Å². The van der Waals surface area contributed by atoms with E-state index in [0.29, 0.717) is 11.3 Å². The number of amides is 1. The molecule has 0 heterocycles. The zero-order valence-corrected chi connectivity index (χ0v) is 18.0. The quantitative estimate of drug-likeness (QED) is 0.517. The number of halogens is 1. The number of nitro benzene ring substituents is 1. The lowest BCUT2D eigenvalue weighted by atomic mass is 10.1. The topological polar surface area (TPSA) is 110 Å². The number of hydrogen-bond acceptors (Lipinski definition) is 5. The average Bonchev–Trinajstić information content (AvgIpc) is 2.62. The van der Waals surface area contributed by atoms with Gasteiger partial charge < -0.3 is 5.32 Å². The van der Waals surface area contributed by atoms with E-state index in [4.69, 9.17) is 11.6 Å². The van der Waals surface area contributed by atoms with Gasteiger partial charge in [0.2, 0.25) is 15.9 Å². The van der Waals surface area contributed by atoms with Crippen LogP contribution in [0.5, 0.6) is 0 Å². The first-order valence-electron chi connectivity index (χ1n) is 8.77. The summed E-state index contributed by atoms with van der Waals surface area (Å²) in [6.45, 7) is 5.27. The average molecular weight is 440 g/mol. The Morgan fingerprint density at radius 3 is 2.45 bits per heavy atom. The highest BCUT2D eigenvalue weighted by molar-refractivity contribution is 7.92. The Labute approximate surface area is 174 Å². The largest absolute Gasteiger partial charge is 0.323 e. The van der Waals surface area contributed by atoms with Crippen molar-refractivity contribution in [2.24, 2.45) is 0 Å². The van der Waals surface area contributed by atoms with Crippen LogP contribution >= 0.6 is 11.6 Å². The smallest absolute Gasteiger partial charge is 0.271 e. The van der Waals surface area contributed by atoms with E-state index in [1.165, 1.54) is 12.1 Å². The van der Waals surface area contributed by atoms with Crippen LogP contribution in [0.1, 0.15) is 24.5 Å². The second kappa shape index (κ2) is 8.79. The molecule has 2 aromatic rings. The van der Waals surface area contributed by atoms with Crippen molar-refractivity contribution in [3.8, 4) is 0 Å². The van der Waals surface area contributed by atoms with Crippen molar-refractivity contribution in [1.29, 1.82) is 0 Å². The fourth-order valence-corrected chi connectivity index (χ4v) is 4.36. The van der Waals surface area contributed by atoms with Crippen molar-refractivity contribution in [3.05, 3.63) is 62.7 Å². The first-order valence-corrected chi connectivity index (χ1v) is 11.0. The summed E-state index contributed by atoms with van der Waals surface area (Å²) in [4.78, 5) is 23.4. The Hall–Kier alpha value is -2.65. The predicted octanol–water partition coefficient (Wildman–Crippen LogP) is 4.05. The van der Waals surface area contributed by atoms with Crippen LogP contribution in [0.15, 0.2) is 36.4 Å². The number of benzene rings is 2. The lowest BCUT2D eigenvalue weighted by molar-refractivity contribution is -0.384.